The number of guanidine groups is 1. The normalized spacial score (nSPS) is 26.7. The molecule has 132 valence electrons. The van der Waals surface area contributed by atoms with Gasteiger partial charge in [0.25, 0.3) is 0 Å². The molecule has 0 amide bonds. The van der Waals surface area contributed by atoms with Gasteiger partial charge in [-0.25, -0.2) is 0 Å². The van der Waals surface area contributed by atoms with Crippen LogP contribution in [0.2, 0.25) is 0 Å². The highest BCUT2D eigenvalue weighted by Gasteiger charge is 2.38. The van der Waals surface area contributed by atoms with Crippen LogP contribution in [0.25, 0.3) is 0 Å². The van der Waals surface area contributed by atoms with Crippen molar-refractivity contribution in [2.24, 2.45) is 16.8 Å². The third-order valence-corrected chi connectivity index (χ3v) is 5.10. The molecule has 0 aromatic heterocycles. The fraction of sp³-hybridized carbons (Fsp3) is 0.650. The second-order valence-corrected chi connectivity index (χ2v) is 6.97. The summed E-state index contributed by atoms with van der Waals surface area (Å²) in [6, 6.07) is 10.9. The van der Waals surface area contributed by atoms with E-state index in [-0.39, 0.29) is 0 Å². The van der Waals surface area contributed by atoms with Gasteiger partial charge in [-0.3, -0.25) is 4.99 Å². The summed E-state index contributed by atoms with van der Waals surface area (Å²) in [7, 11) is 0. The second kappa shape index (κ2) is 8.52. The highest BCUT2D eigenvalue weighted by atomic mass is 16.5. The number of benzene rings is 1. The number of nitrogens with zero attached hydrogens (tertiary/aromatic N) is 2. The molecule has 2 fully saturated rings. The Balaban J connectivity index is 1.52. The fourth-order valence-electron chi connectivity index (χ4n) is 3.63. The van der Waals surface area contributed by atoms with Gasteiger partial charge in [-0.2, -0.15) is 0 Å². The Kier molecular flexibility index (Phi) is 6.13. The topological polar surface area (TPSA) is 36.9 Å². The number of ether oxygens (including phenoxy) is 1. The van der Waals surface area contributed by atoms with E-state index in [0.29, 0.717) is 17.8 Å². The van der Waals surface area contributed by atoms with Crippen molar-refractivity contribution in [3.8, 4) is 0 Å². The number of nitrogens with one attached hydrogen (secondary N) is 1. The SMILES string of the molecule is CCNC(=NCC1CC1c1ccccc1)N1CCC(COCC)C1. The van der Waals surface area contributed by atoms with Crippen LogP contribution in [0.15, 0.2) is 35.3 Å². The van der Waals surface area contributed by atoms with Crippen LogP contribution in [-0.4, -0.2) is 50.3 Å². The zero-order chi connectivity index (χ0) is 16.8. The van der Waals surface area contributed by atoms with Crippen LogP contribution in [-0.2, 0) is 4.74 Å². The Bertz CT molecular complexity index is 531. The van der Waals surface area contributed by atoms with Crippen LogP contribution in [0.4, 0.5) is 0 Å². The minimum Gasteiger partial charge on any atom is -0.381 e. The molecule has 1 heterocycles. The molecule has 4 heteroatoms. The van der Waals surface area contributed by atoms with E-state index in [1.165, 1.54) is 18.4 Å². The van der Waals surface area contributed by atoms with Gasteiger partial charge >= 0.3 is 0 Å². The summed E-state index contributed by atoms with van der Waals surface area (Å²) in [5.41, 5.74) is 1.47. The van der Waals surface area contributed by atoms with Gasteiger partial charge in [0.1, 0.15) is 0 Å². The molecule has 4 nitrogen and oxygen atoms in total. The first-order chi connectivity index (χ1) is 11.8. The number of aliphatic imine (C=N–C) groups is 1. The van der Waals surface area contributed by atoms with E-state index < -0.39 is 0 Å². The molecule has 3 atom stereocenters. The standard InChI is InChI=1S/C20H31N3O/c1-3-21-20(23-11-10-16(14-23)15-24-4-2)22-13-18-12-19(18)17-8-6-5-7-9-17/h5-9,16,18-19H,3-4,10-15H2,1-2H3,(H,21,22). The molecule has 1 saturated carbocycles. The van der Waals surface area contributed by atoms with E-state index in [1.54, 1.807) is 0 Å². The first-order valence-corrected chi connectivity index (χ1v) is 9.47. The summed E-state index contributed by atoms with van der Waals surface area (Å²) < 4.78 is 5.59. The molecule has 1 saturated heterocycles. The number of hydrogen-bond acceptors (Lipinski definition) is 2. The van der Waals surface area contributed by atoms with Gasteiger partial charge < -0.3 is 15.0 Å². The van der Waals surface area contributed by atoms with Crippen molar-refractivity contribution in [2.45, 2.75) is 32.6 Å². The summed E-state index contributed by atoms with van der Waals surface area (Å²) in [4.78, 5) is 7.35. The predicted octanol–water partition coefficient (Wildman–Crippen LogP) is 3.11. The third-order valence-electron chi connectivity index (χ3n) is 5.10. The smallest absolute Gasteiger partial charge is 0.193 e. The Hall–Kier alpha value is -1.55. The first kappa shape index (κ1) is 17.3. The van der Waals surface area contributed by atoms with Gasteiger partial charge in [-0.1, -0.05) is 30.3 Å². The van der Waals surface area contributed by atoms with Crippen molar-refractivity contribution in [1.29, 1.82) is 0 Å². The average Bonchev–Trinajstić information content (AvgIpc) is 3.25. The summed E-state index contributed by atoms with van der Waals surface area (Å²) >= 11 is 0. The molecule has 1 aliphatic carbocycles. The summed E-state index contributed by atoms with van der Waals surface area (Å²) in [5.74, 6) is 3.16. The van der Waals surface area contributed by atoms with E-state index >= 15 is 0 Å². The number of hydrogen-bond donors (Lipinski definition) is 1. The summed E-state index contributed by atoms with van der Waals surface area (Å²) in [5, 5.41) is 3.47. The summed E-state index contributed by atoms with van der Waals surface area (Å²) in [6.45, 7) is 9.93. The zero-order valence-electron chi connectivity index (χ0n) is 15.1. The van der Waals surface area contributed by atoms with Crippen molar-refractivity contribution in [2.75, 3.05) is 39.4 Å². The fourth-order valence-corrected chi connectivity index (χ4v) is 3.63. The Morgan fingerprint density at radius 1 is 1.29 bits per heavy atom. The van der Waals surface area contributed by atoms with Gasteiger partial charge in [0.05, 0.1) is 6.61 Å². The van der Waals surface area contributed by atoms with Crippen LogP contribution in [0.5, 0.6) is 0 Å². The highest BCUT2D eigenvalue weighted by Crippen LogP contribution is 2.47. The van der Waals surface area contributed by atoms with Crippen LogP contribution < -0.4 is 5.32 Å². The van der Waals surface area contributed by atoms with Crippen LogP contribution >= 0.6 is 0 Å². The molecule has 1 aliphatic heterocycles. The van der Waals surface area contributed by atoms with Gasteiger partial charge in [0.2, 0.25) is 0 Å². The molecule has 0 radical (unpaired) electrons. The summed E-state index contributed by atoms with van der Waals surface area (Å²) in [6.07, 6.45) is 2.49. The molecular formula is C20H31N3O. The lowest BCUT2D eigenvalue weighted by Crippen LogP contribution is -2.40. The van der Waals surface area contributed by atoms with Gasteiger partial charge in [0, 0.05) is 38.7 Å². The molecular weight excluding hydrogens is 298 g/mol. The minimum absolute atomic E-state index is 0.645. The van der Waals surface area contributed by atoms with Gasteiger partial charge in [-0.15, -0.1) is 0 Å². The van der Waals surface area contributed by atoms with E-state index in [4.69, 9.17) is 9.73 Å². The lowest BCUT2D eigenvalue weighted by atomic mass is 10.1. The lowest BCUT2D eigenvalue weighted by Gasteiger charge is -2.21. The first-order valence-electron chi connectivity index (χ1n) is 9.47. The van der Waals surface area contributed by atoms with Crippen molar-refractivity contribution >= 4 is 5.96 Å². The van der Waals surface area contributed by atoms with Crippen molar-refractivity contribution in [3.63, 3.8) is 0 Å². The van der Waals surface area contributed by atoms with Gasteiger partial charge in [-0.05, 0) is 44.1 Å². The average molecular weight is 329 g/mol. The molecule has 1 aromatic rings. The van der Waals surface area contributed by atoms with Gasteiger partial charge in [0.15, 0.2) is 5.96 Å². The maximum Gasteiger partial charge on any atom is 0.193 e. The minimum atomic E-state index is 0.645. The van der Waals surface area contributed by atoms with E-state index in [0.717, 1.165) is 45.4 Å². The van der Waals surface area contributed by atoms with Crippen LogP contribution in [0, 0.1) is 11.8 Å². The second-order valence-electron chi connectivity index (χ2n) is 6.97. The monoisotopic (exact) mass is 329 g/mol. The molecule has 2 aliphatic rings. The highest BCUT2D eigenvalue weighted by molar-refractivity contribution is 5.80. The third kappa shape index (κ3) is 4.50. The maximum atomic E-state index is 5.59. The maximum absolute atomic E-state index is 5.59. The zero-order valence-corrected chi connectivity index (χ0v) is 15.1. The van der Waals surface area contributed by atoms with Crippen molar-refractivity contribution in [3.05, 3.63) is 35.9 Å². The molecule has 1 aromatic carbocycles. The Morgan fingerprint density at radius 2 is 2.12 bits per heavy atom. The molecule has 0 spiro atoms. The molecule has 0 bridgehead atoms. The predicted molar refractivity (Wildman–Crippen MR) is 99.4 cm³/mol. The van der Waals surface area contributed by atoms with E-state index in [1.807, 2.05) is 0 Å². The van der Waals surface area contributed by atoms with E-state index in [9.17, 15) is 0 Å². The number of likely N-dealkylation sites (tertiary alicyclic amines) is 1. The Labute approximate surface area is 146 Å². The quantitative estimate of drug-likeness (QED) is 0.617. The molecule has 24 heavy (non-hydrogen) atoms. The van der Waals surface area contributed by atoms with E-state index in [2.05, 4.69) is 54.4 Å². The van der Waals surface area contributed by atoms with Crippen LogP contribution in [0.3, 0.4) is 0 Å². The van der Waals surface area contributed by atoms with Crippen molar-refractivity contribution in [1.82, 2.24) is 10.2 Å². The Morgan fingerprint density at radius 3 is 2.88 bits per heavy atom. The number of rotatable bonds is 7. The molecule has 1 N–H and O–H groups in total. The lowest BCUT2D eigenvalue weighted by molar-refractivity contribution is 0.114. The van der Waals surface area contributed by atoms with Crippen LogP contribution in [0.1, 0.15) is 38.2 Å². The molecule has 3 unspecified atom stereocenters. The molecule has 3 rings (SSSR count). The largest absolute Gasteiger partial charge is 0.381 e. The van der Waals surface area contributed by atoms with Crippen molar-refractivity contribution < 1.29 is 4.74 Å².